The Bertz CT molecular complexity index is 946. The number of nitrogens with zero attached hydrogens (tertiary/aromatic N) is 4. The maximum atomic E-state index is 4.91. The topological polar surface area (TPSA) is 77.8 Å². The first kappa shape index (κ1) is 14.1. The summed E-state index contributed by atoms with van der Waals surface area (Å²) in [6.45, 7) is 0. The molecule has 0 unspecified atom stereocenters. The van der Waals surface area contributed by atoms with E-state index in [2.05, 4.69) is 20.7 Å². The Morgan fingerprint density at radius 1 is 0.708 bits per heavy atom. The van der Waals surface area contributed by atoms with Crippen LogP contribution in [0.5, 0.6) is 0 Å². The second kappa shape index (κ2) is 6.29. The van der Waals surface area contributed by atoms with E-state index in [1.165, 1.54) is 12.5 Å². The summed E-state index contributed by atoms with van der Waals surface area (Å²) in [7, 11) is 0. The van der Waals surface area contributed by atoms with Gasteiger partial charge < -0.3 is 9.05 Å². The second-order valence-electron chi connectivity index (χ2n) is 5.09. The van der Waals surface area contributed by atoms with Crippen LogP contribution in [0.2, 0.25) is 0 Å². The van der Waals surface area contributed by atoms with Crippen molar-refractivity contribution in [2.45, 2.75) is 0 Å². The Hall–Kier alpha value is -3.54. The minimum Gasteiger partial charge on any atom is -0.345 e. The Balaban J connectivity index is 1.85. The maximum absolute atomic E-state index is 4.91. The smallest absolute Gasteiger partial charge is 0.152 e. The molecule has 24 heavy (non-hydrogen) atoms. The Labute approximate surface area is 137 Å². The third kappa shape index (κ3) is 2.72. The van der Waals surface area contributed by atoms with E-state index in [9.17, 15) is 0 Å². The van der Waals surface area contributed by atoms with Gasteiger partial charge in [0.15, 0.2) is 12.5 Å². The van der Waals surface area contributed by atoms with Crippen molar-refractivity contribution in [3.63, 3.8) is 0 Å². The molecule has 0 aliphatic rings. The van der Waals surface area contributed by atoms with Gasteiger partial charge in [0.25, 0.3) is 0 Å². The number of benzene rings is 2. The van der Waals surface area contributed by atoms with Gasteiger partial charge in [0, 0.05) is 21.7 Å². The van der Waals surface area contributed by atoms with Crippen LogP contribution in [0, 0.1) is 0 Å². The van der Waals surface area contributed by atoms with E-state index in [1.807, 2.05) is 60.7 Å². The Morgan fingerprint density at radius 3 is 2.17 bits per heavy atom. The van der Waals surface area contributed by atoms with Gasteiger partial charge in [-0.2, -0.15) is 0 Å². The summed E-state index contributed by atoms with van der Waals surface area (Å²) >= 11 is 0. The van der Waals surface area contributed by atoms with Gasteiger partial charge in [-0.3, -0.25) is 0 Å². The minimum atomic E-state index is 0.626. The van der Waals surface area contributed by atoms with Gasteiger partial charge in [-0.25, -0.2) is 0 Å². The average Bonchev–Trinajstić information content (AvgIpc) is 3.34. The first-order valence-electron chi connectivity index (χ1n) is 7.33. The van der Waals surface area contributed by atoms with Crippen molar-refractivity contribution in [3.8, 4) is 22.5 Å². The fourth-order valence-corrected chi connectivity index (χ4v) is 2.51. The molecule has 0 bridgehead atoms. The van der Waals surface area contributed by atoms with Crippen molar-refractivity contribution in [1.82, 2.24) is 20.7 Å². The molecule has 4 aromatic rings. The molecule has 2 aromatic carbocycles. The summed E-state index contributed by atoms with van der Waals surface area (Å²) in [5, 5.41) is 15.2. The summed E-state index contributed by atoms with van der Waals surface area (Å²) in [6.07, 6.45) is 7.07. The first-order valence-corrected chi connectivity index (χ1v) is 7.33. The molecule has 0 spiro atoms. The van der Waals surface area contributed by atoms with Crippen LogP contribution in [0.4, 0.5) is 0 Å². The van der Waals surface area contributed by atoms with Crippen molar-refractivity contribution in [2.75, 3.05) is 0 Å². The van der Waals surface area contributed by atoms with Crippen LogP contribution >= 0.6 is 0 Å². The van der Waals surface area contributed by atoms with E-state index in [-0.39, 0.29) is 0 Å². The predicted octanol–water partition coefficient (Wildman–Crippen LogP) is 3.96. The molecular weight excluding hydrogens is 304 g/mol. The standard InChI is InChI=1S/C18H12N4O2/c1-2-5-13(6-3-1)9-10-14-7-4-8-15(16-11-23-21-19-16)18(14)17-12-24-22-20-17/h1-12H. The van der Waals surface area contributed by atoms with E-state index in [1.54, 1.807) is 0 Å². The van der Waals surface area contributed by atoms with E-state index in [0.29, 0.717) is 11.4 Å². The van der Waals surface area contributed by atoms with Gasteiger partial charge in [-0.15, -0.1) is 10.2 Å². The molecule has 0 amide bonds. The second-order valence-corrected chi connectivity index (χ2v) is 5.09. The van der Waals surface area contributed by atoms with Crippen LogP contribution in [0.1, 0.15) is 11.1 Å². The average molecular weight is 316 g/mol. The molecule has 0 atom stereocenters. The fourth-order valence-electron chi connectivity index (χ4n) is 2.51. The van der Waals surface area contributed by atoms with Crippen LogP contribution in [0.25, 0.3) is 34.7 Å². The Morgan fingerprint density at radius 2 is 1.46 bits per heavy atom. The van der Waals surface area contributed by atoms with Crippen molar-refractivity contribution in [3.05, 3.63) is 72.2 Å². The maximum Gasteiger partial charge on any atom is 0.152 e. The van der Waals surface area contributed by atoms with E-state index in [4.69, 9.17) is 9.05 Å². The highest BCUT2D eigenvalue weighted by Crippen LogP contribution is 2.33. The number of hydrogen-bond donors (Lipinski definition) is 0. The number of aromatic nitrogens is 4. The summed E-state index contributed by atoms with van der Waals surface area (Å²) in [5.74, 6) is 0. The summed E-state index contributed by atoms with van der Waals surface area (Å²) < 4.78 is 9.79. The molecule has 0 saturated heterocycles. The van der Waals surface area contributed by atoms with Gasteiger partial charge in [0.2, 0.25) is 0 Å². The molecule has 2 aromatic heterocycles. The molecule has 4 rings (SSSR count). The fraction of sp³-hybridized carbons (Fsp3) is 0. The van der Waals surface area contributed by atoms with Crippen LogP contribution in [0.3, 0.4) is 0 Å². The zero-order valence-corrected chi connectivity index (χ0v) is 12.5. The van der Waals surface area contributed by atoms with E-state index >= 15 is 0 Å². The lowest BCUT2D eigenvalue weighted by molar-refractivity contribution is 0.392. The lowest BCUT2D eigenvalue weighted by Gasteiger charge is -2.07. The highest BCUT2D eigenvalue weighted by Gasteiger charge is 2.16. The van der Waals surface area contributed by atoms with Crippen molar-refractivity contribution in [1.29, 1.82) is 0 Å². The zero-order valence-electron chi connectivity index (χ0n) is 12.5. The molecule has 2 heterocycles. The number of rotatable bonds is 4. The van der Waals surface area contributed by atoms with Gasteiger partial charge in [0.05, 0.1) is 0 Å². The highest BCUT2D eigenvalue weighted by atomic mass is 16.5. The van der Waals surface area contributed by atoms with Crippen LogP contribution in [-0.4, -0.2) is 20.7 Å². The molecule has 0 fully saturated rings. The third-order valence-corrected chi connectivity index (χ3v) is 3.60. The third-order valence-electron chi connectivity index (χ3n) is 3.60. The first-order chi connectivity index (χ1) is 11.9. The van der Waals surface area contributed by atoms with Gasteiger partial charge >= 0.3 is 0 Å². The highest BCUT2D eigenvalue weighted by molar-refractivity contribution is 5.88. The van der Waals surface area contributed by atoms with Crippen molar-refractivity contribution in [2.24, 2.45) is 0 Å². The molecule has 0 radical (unpaired) electrons. The molecule has 0 aliphatic heterocycles. The van der Waals surface area contributed by atoms with Crippen LogP contribution < -0.4 is 0 Å². The summed E-state index contributed by atoms with van der Waals surface area (Å²) in [4.78, 5) is 0. The van der Waals surface area contributed by atoms with Crippen molar-refractivity contribution < 1.29 is 9.05 Å². The molecule has 0 N–H and O–H groups in total. The van der Waals surface area contributed by atoms with Crippen LogP contribution in [-0.2, 0) is 0 Å². The molecule has 6 heteroatoms. The SMILES string of the molecule is C(=Cc1cccc(-c2conn2)c1-c1conn1)c1ccccc1. The van der Waals surface area contributed by atoms with Crippen molar-refractivity contribution >= 4 is 12.2 Å². The largest absolute Gasteiger partial charge is 0.345 e. The molecule has 0 saturated carbocycles. The number of hydrogen-bond acceptors (Lipinski definition) is 6. The summed E-state index contributed by atoms with van der Waals surface area (Å²) in [5.41, 5.74) is 5.04. The van der Waals surface area contributed by atoms with Gasteiger partial charge in [-0.05, 0) is 11.1 Å². The van der Waals surface area contributed by atoms with E-state index in [0.717, 1.165) is 22.3 Å². The summed E-state index contributed by atoms with van der Waals surface area (Å²) in [6, 6.07) is 16.0. The molecular formula is C18H12N4O2. The zero-order chi connectivity index (χ0) is 16.2. The van der Waals surface area contributed by atoms with Gasteiger partial charge in [-0.1, -0.05) is 60.7 Å². The predicted molar refractivity (Wildman–Crippen MR) is 88.4 cm³/mol. The lowest BCUT2D eigenvalue weighted by atomic mass is 9.96. The van der Waals surface area contributed by atoms with E-state index < -0.39 is 0 Å². The Kier molecular flexibility index (Phi) is 3.69. The lowest BCUT2D eigenvalue weighted by Crippen LogP contribution is -1.90. The van der Waals surface area contributed by atoms with Gasteiger partial charge in [0.1, 0.15) is 11.4 Å². The molecule has 116 valence electrons. The quantitative estimate of drug-likeness (QED) is 0.530. The monoisotopic (exact) mass is 316 g/mol. The van der Waals surface area contributed by atoms with Crippen LogP contribution in [0.15, 0.2) is 70.1 Å². The molecule has 6 nitrogen and oxygen atoms in total. The minimum absolute atomic E-state index is 0.626. The molecule has 0 aliphatic carbocycles. The normalized spacial score (nSPS) is 11.2.